The minimum atomic E-state index is -5.03. The van der Waals surface area contributed by atoms with Gasteiger partial charge in [-0.05, 0) is 6.07 Å². The number of carboxylic acids is 1. The number of aliphatic carboxylic acids is 1. The summed E-state index contributed by atoms with van der Waals surface area (Å²) in [4.78, 5) is 10.5. The SMILES string of the molecule is O=C(O)C(O)c1cccc(Cl)c1OC(F)(F)F. The van der Waals surface area contributed by atoms with Crippen LogP contribution < -0.4 is 4.74 Å². The van der Waals surface area contributed by atoms with E-state index in [2.05, 4.69) is 4.74 Å². The van der Waals surface area contributed by atoms with Crippen LogP contribution in [0.2, 0.25) is 5.02 Å². The van der Waals surface area contributed by atoms with Crippen LogP contribution in [-0.4, -0.2) is 22.5 Å². The van der Waals surface area contributed by atoms with Crippen molar-refractivity contribution in [3.8, 4) is 5.75 Å². The number of ether oxygens (including phenoxy) is 1. The van der Waals surface area contributed by atoms with Crippen LogP contribution in [0.3, 0.4) is 0 Å². The first kappa shape index (κ1) is 13.6. The predicted molar refractivity (Wildman–Crippen MR) is 50.7 cm³/mol. The summed E-state index contributed by atoms with van der Waals surface area (Å²) in [5.41, 5.74) is -0.567. The van der Waals surface area contributed by atoms with Crippen LogP contribution >= 0.6 is 11.6 Å². The van der Waals surface area contributed by atoms with Gasteiger partial charge in [0.05, 0.1) is 5.02 Å². The first-order valence-electron chi connectivity index (χ1n) is 4.17. The van der Waals surface area contributed by atoms with Gasteiger partial charge in [0.25, 0.3) is 0 Å². The topological polar surface area (TPSA) is 66.8 Å². The van der Waals surface area contributed by atoms with E-state index in [9.17, 15) is 23.1 Å². The molecular formula is C9H6ClF3O4. The summed E-state index contributed by atoms with van der Waals surface area (Å²) in [5, 5.41) is 17.3. The van der Waals surface area contributed by atoms with Crippen molar-refractivity contribution in [2.45, 2.75) is 12.5 Å². The zero-order chi connectivity index (χ0) is 13.2. The fourth-order valence-electron chi connectivity index (χ4n) is 1.10. The van der Waals surface area contributed by atoms with Crippen LogP contribution in [-0.2, 0) is 4.79 Å². The molecule has 0 spiro atoms. The zero-order valence-electron chi connectivity index (χ0n) is 8.03. The maximum absolute atomic E-state index is 12.1. The van der Waals surface area contributed by atoms with Crippen LogP contribution in [0.1, 0.15) is 11.7 Å². The van der Waals surface area contributed by atoms with Gasteiger partial charge in [-0.15, -0.1) is 13.2 Å². The van der Waals surface area contributed by atoms with Crippen LogP contribution in [0, 0.1) is 0 Å². The van der Waals surface area contributed by atoms with Crippen molar-refractivity contribution in [3.05, 3.63) is 28.8 Å². The third-order valence-electron chi connectivity index (χ3n) is 1.74. The van der Waals surface area contributed by atoms with Crippen molar-refractivity contribution in [1.29, 1.82) is 0 Å². The number of hydrogen-bond acceptors (Lipinski definition) is 3. The Bertz CT molecular complexity index is 433. The highest BCUT2D eigenvalue weighted by molar-refractivity contribution is 6.32. The maximum atomic E-state index is 12.1. The molecule has 1 atom stereocenters. The average Bonchev–Trinajstić information content (AvgIpc) is 2.18. The fourth-order valence-corrected chi connectivity index (χ4v) is 1.32. The zero-order valence-corrected chi connectivity index (χ0v) is 8.79. The van der Waals surface area contributed by atoms with Crippen LogP contribution in [0.5, 0.6) is 5.75 Å². The van der Waals surface area contributed by atoms with E-state index < -0.39 is 34.8 Å². The van der Waals surface area contributed by atoms with Gasteiger partial charge in [0.1, 0.15) is 0 Å². The van der Waals surface area contributed by atoms with Gasteiger partial charge in [-0.1, -0.05) is 23.7 Å². The Balaban J connectivity index is 3.22. The second kappa shape index (κ2) is 4.80. The molecule has 0 heterocycles. The van der Waals surface area contributed by atoms with Crippen LogP contribution in [0.25, 0.3) is 0 Å². The summed E-state index contributed by atoms with van der Waals surface area (Å²) in [5.74, 6) is -2.63. The van der Waals surface area contributed by atoms with Crippen LogP contribution in [0.15, 0.2) is 18.2 Å². The highest BCUT2D eigenvalue weighted by atomic mass is 35.5. The number of hydrogen-bond donors (Lipinski definition) is 2. The lowest BCUT2D eigenvalue weighted by molar-refractivity contribution is -0.275. The molecule has 0 saturated heterocycles. The molecule has 0 saturated carbocycles. The lowest BCUT2D eigenvalue weighted by Gasteiger charge is -2.16. The van der Waals surface area contributed by atoms with E-state index in [0.29, 0.717) is 0 Å². The van der Waals surface area contributed by atoms with Crippen LogP contribution in [0.4, 0.5) is 13.2 Å². The van der Waals surface area contributed by atoms with E-state index in [-0.39, 0.29) is 0 Å². The third-order valence-corrected chi connectivity index (χ3v) is 2.04. The fraction of sp³-hybridized carbons (Fsp3) is 0.222. The minimum Gasteiger partial charge on any atom is -0.479 e. The number of para-hydroxylation sites is 1. The average molecular weight is 271 g/mol. The Morgan fingerprint density at radius 3 is 2.47 bits per heavy atom. The molecule has 4 nitrogen and oxygen atoms in total. The first-order chi connectivity index (χ1) is 7.72. The van der Waals surface area contributed by atoms with Gasteiger partial charge in [0.2, 0.25) is 0 Å². The van der Waals surface area contributed by atoms with E-state index in [0.717, 1.165) is 12.1 Å². The van der Waals surface area contributed by atoms with Gasteiger partial charge in [0.15, 0.2) is 11.9 Å². The van der Waals surface area contributed by atoms with E-state index in [1.54, 1.807) is 0 Å². The molecule has 1 aromatic rings. The standard InChI is InChI=1S/C9H6ClF3O4/c10-5-3-1-2-4(6(14)8(15)16)7(5)17-9(11,12)13/h1-3,6,14H,(H,15,16). The van der Waals surface area contributed by atoms with E-state index in [1.165, 1.54) is 6.07 Å². The predicted octanol–water partition coefficient (Wildman–Crippen LogP) is 2.36. The number of aliphatic hydroxyl groups is 1. The van der Waals surface area contributed by atoms with Gasteiger partial charge in [-0.3, -0.25) is 0 Å². The van der Waals surface area contributed by atoms with Gasteiger partial charge in [0, 0.05) is 5.56 Å². The molecule has 1 rings (SSSR count). The summed E-state index contributed by atoms with van der Waals surface area (Å²) in [6.45, 7) is 0. The molecule has 1 unspecified atom stereocenters. The summed E-state index contributed by atoms with van der Waals surface area (Å²) in [6.07, 6.45) is -7.18. The van der Waals surface area contributed by atoms with Crippen molar-refractivity contribution in [1.82, 2.24) is 0 Å². The third kappa shape index (κ3) is 3.50. The summed E-state index contributed by atoms with van der Waals surface area (Å²) < 4.78 is 39.7. The molecule has 94 valence electrons. The first-order valence-corrected chi connectivity index (χ1v) is 4.55. The van der Waals surface area contributed by atoms with E-state index in [4.69, 9.17) is 16.7 Å². The molecule has 0 aromatic heterocycles. The molecule has 1 aromatic carbocycles. The number of rotatable bonds is 3. The molecule has 2 N–H and O–H groups in total. The quantitative estimate of drug-likeness (QED) is 0.885. The van der Waals surface area contributed by atoms with Crippen molar-refractivity contribution >= 4 is 17.6 Å². The molecule has 0 bridgehead atoms. The lowest BCUT2D eigenvalue weighted by Crippen LogP contribution is -2.20. The highest BCUT2D eigenvalue weighted by Crippen LogP contribution is 2.36. The molecule has 0 fully saturated rings. The number of benzene rings is 1. The molecule has 0 aliphatic rings. The number of halogens is 4. The Morgan fingerprint density at radius 2 is 2.00 bits per heavy atom. The summed E-state index contributed by atoms with van der Waals surface area (Å²) in [7, 11) is 0. The van der Waals surface area contributed by atoms with E-state index >= 15 is 0 Å². The lowest BCUT2D eigenvalue weighted by atomic mass is 10.1. The maximum Gasteiger partial charge on any atom is 0.573 e. The Morgan fingerprint density at radius 1 is 1.41 bits per heavy atom. The Hall–Kier alpha value is -1.47. The Kier molecular flexibility index (Phi) is 3.84. The number of aliphatic hydroxyl groups excluding tert-OH is 1. The van der Waals surface area contributed by atoms with Gasteiger partial charge in [-0.25, -0.2) is 4.79 Å². The molecule has 0 amide bonds. The van der Waals surface area contributed by atoms with E-state index in [1.807, 2.05) is 0 Å². The van der Waals surface area contributed by atoms with Gasteiger partial charge in [-0.2, -0.15) is 0 Å². The van der Waals surface area contributed by atoms with Gasteiger partial charge < -0.3 is 14.9 Å². The molecule has 17 heavy (non-hydrogen) atoms. The molecule has 0 aliphatic carbocycles. The number of carboxylic acid groups (broad SMARTS) is 1. The minimum absolute atomic E-state index is 0.444. The van der Waals surface area contributed by atoms with Crippen molar-refractivity contribution in [2.24, 2.45) is 0 Å². The second-order valence-corrected chi connectivity index (χ2v) is 3.35. The second-order valence-electron chi connectivity index (χ2n) is 2.95. The Labute approximate surface area is 98.2 Å². The largest absolute Gasteiger partial charge is 0.573 e. The highest BCUT2D eigenvalue weighted by Gasteiger charge is 2.35. The number of alkyl halides is 3. The normalized spacial score (nSPS) is 13.2. The summed E-state index contributed by atoms with van der Waals surface area (Å²) in [6, 6.07) is 3.26. The molecular weight excluding hydrogens is 265 g/mol. The molecule has 0 aliphatic heterocycles. The summed E-state index contributed by atoms with van der Waals surface area (Å²) >= 11 is 5.46. The van der Waals surface area contributed by atoms with Gasteiger partial charge >= 0.3 is 12.3 Å². The smallest absolute Gasteiger partial charge is 0.479 e. The van der Waals surface area contributed by atoms with Crippen molar-refractivity contribution in [3.63, 3.8) is 0 Å². The van der Waals surface area contributed by atoms with Crippen molar-refractivity contribution in [2.75, 3.05) is 0 Å². The van der Waals surface area contributed by atoms with Crippen molar-refractivity contribution < 1.29 is 32.9 Å². The molecule has 0 radical (unpaired) electrons. The monoisotopic (exact) mass is 270 g/mol. The molecule has 8 heteroatoms. The number of carbonyl (C=O) groups is 1.